The van der Waals surface area contributed by atoms with Gasteiger partial charge in [-0.1, -0.05) is 29.8 Å². The molecule has 3 aromatic heterocycles. The molecule has 0 spiro atoms. The summed E-state index contributed by atoms with van der Waals surface area (Å²) < 4.78 is 28.6. The summed E-state index contributed by atoms with van der Waals surface area (Å²) in [6.45, 7) is 3.63. The van der Waals surface area contributed by atoms with Crippen LogP contribution in [0.3, 0.4) is 0 Å². The normalized spacial score (nSPS) is 11.8. The van der Waals surface area contributed by atoms with E-state index in [1.54, 1.807) is 43.5 Å². The topological polar surface area (TPSA) is 108 Å². The molecule has 0 saturated heterocycles. The van der Waals surface area contributed by atoms with Crippen LogP contribution in [-0.2, 0) is 10.0 Å². The summed E-state index contributed by atoms with van der Waals surface area (Å²) >= 11 is 0. The Morgan fingerprint density at radius 1 is 0.970 bits per heavy atom. The van der Waals surface area contributed by atoms with Gasteiger partial charge in [0.2, 0.25) is 5.91 Å². The molecule has 2 N–H and O–H groups in total. The van der Waals surface area contributed by atoms with Crippen LogP contribution in [-0.4, -0.2) is 28.3 Å². The lowest BCUT2D eigenvalue weighted by Gasteiger charge is -2.10. The number of benzene rings is 2. The molecule has 0 aliphatic heterocycles. The van der Waals surface area contributed by atoms with Crippen LogP contribution in [0.2, 0.25) is 0 Å². The molecule has 0 radical (unpaired) electrons. The zero-order valence-electron chi connectivity index (χ0n) is 18.0. The molecule has 8 heteroatoms. The standard InChI is InChI=1S/C25H20N4O3S/c1-15-5-8-20(9-6-15)33(31,32)29-16(2)23(21-13-19(24(26)30)14-28-25(21)29)18-7-10-22-17(12-18)4-3-11-27-22/h3-14H,1-2H3,(H2,26,30). The van der Waals surface area contributed by atoms with Gasteiger partial charge in [-0.25, -0.2) is 17.4 Å². The van der Waals surface area contributed by atoms with Crippen LogP contribution in [0.4, 0.5) is 0 Å². The third-order valence-electron chi connectivity index (χ3n) is 5.73. The number of pyridine rings is 2. The average molecular weight is 457 g/mol. The van der Waals surface area contributed by atoms with E-state index in [0.717, 1.165) is 22.0 Å². The first-order chi connectivity index (χ1) is 15.8. The molecule has 0 bridgehead atoms. The summed E-state index contributed by atoms with van der Waals surface area (Å²) in [5.41, 5.74) is 9.66. The van der Waals surface area contributed by atoms with Crippen molar-refractivity contribution in [3.05, 3.63) is 89.9 Å². The Bertz CT molecular complexity index is 1670. The van der Waals surface area contributed by atoms with Crippen LogP contribution in [0, 0.1) is 13.8 Å². The van der Waals surface area contributed by atoms with E-state index in [2.05, 4.69) is 9.97 Å². The predicted molar refractivity (Wildman–Crippen MR) is 127 cm³/mol. The summed E-state index contributed by atoms with van der Waals surface area (Å²) in [4.78, 5) is 20.7. The highest BCUT2D eigenvalue weighted by Gasteiger charge is 2.27. The van der Waals surface area contributed by atoms with Crippen LogP contribution in [0.1, 0.15) is 21.6 Å². The summed E-state index contributed by atoms with van der Waals surface area (Å²) in [6, 6.07) is 17.8. The lowest BCUT2D eigenvalue weighted by molar-refractivity contribution is 0.1000. The van der Waals surface area contributed by atoms with Gasteiger partial charge in [0.1, 0.15) is 0 Å². The Morgan fingerprint density at radius 3 is 2.45 bits per heavy atom. The van der Waals surface area contributed by atoms with E-state index in [9.17, 15) is 13.2 Å². The lowest BCUT2D eigenvalue weighted by atomic mass is 10.0. The van der Waals surface area contributed by atoms with Gasteiger partial charge in [0.25, 0.3) is 10.0 Å². The molecular formula is C25H20N4O3S. The van der Waals surface area contributed by atoms with Crippen LogP contribution >= 0.6 is 0 Å². The SMILES string of the molecule is Cc1ccc(S(=O)(=O)n2c(C)c(-c3ccc4ncccc4c3)c3cc(C(N)=O)cnc32)cc1. The van der Waals surface area contributed by atoms with Gasteiger partial charge in [-0.3, -0.25) is 9.78 Å². The quantitative estimate of drug-likeness (QED) is 0.436. The zero-order valence-corrected chi connectivity index (χ0v) is 18.8. The van der Waals surface area contributed by atoms with Crippen molar-refractivity contribution in [2.45, 2.75) is 18.7 Å². The van der Waals surface area contributed by atoms with E-state index in [1.807, 2.05) is 37.3 Å². The maximum absolute atomic E-state index is 13.7. The highest BCUT2D eigenvalue weighted by atomic mass is 32.2. The second-order valence-electron chi connectivity index (χ2n) is 7.91. The minimum Gasteiger partial charge on any atom is -0.366 e. The van der Waals surface area contributed by atoms with Crippen LogP contribution < -0.4 is 5.73 Å². The maximum atomic E-state index is 13.7. The second-order valence-corrected chi connectivity index (χ2v) is 9.70. The van der Waals surface area contributed by atoms with Gasteiger partial charge in [-0.2, -0.15) is 0 Å². The van der Waals surface area contributed by atoms with E-state index in [-0.39, 0.29) is 16.1 Å². The molecule has 7 nitrogen and oxygen atoms in total. The molecule has 0 atom stereocenters. The molecule has 0 aliphatic rings. The number of aryl methyl sites for hydroxylation is 1. The number of hydrogen-bond donors (Lipinski definition) is 1. The van der Waals surface area contributed by atoms with Crippen molar-refractivity contribution in [1.82, 2.24) is 13.9 Å². The number of rotatable bonds is 4. The van der Waals surface area contributed by atoms with Gasteiger partial charge in [0.05, 0.1) is 16.0 Å². The molecule has 5 rings (SSSR count). The fourth-order valence-corrected chi connectivity index (χ4v) is 5.61. The summed E-state index contributed by atoms with van der Waals surface area (Å²) in [5, 5.41) is 1.44. The smallest absolute Gasteiger partial charge is 0.269 e. The van der Waals surface area contributed by atoms with Gasteiger partial charge < -0.3 is 5.73 Å². The second kappa shape index (κ2) is 7.53. The molecule has 164 valence electrons. The van der Waals surface area contributed by atoms with Crippen molar-refractivity contribution in [3.8, 4) is 11.1 Å². The monoisotopic (exact) mass is 456 g/mol. The highest BCUT2D eigenvalue weighted by molar-refractivity contribution is 7.90. The Kier molecular flexibility index (Phi) is 4.75. The molecule has 0 unspecified atom stereocenters. The Hall–Kier alpha value is -4.04. The fourth-order valence-electron chi connectivity index (χ4n) is 4.10. The van der Waals surface area contributed by atoms with E-state index in [4.69, 9.17) is 5.73 Å². The van der Waals surface area contributed by atoms with E-state index in [1.165, 1.54) is 10.2 Å². The largest absolute Gasteiger partial charge is 0.366 e. The predicted octanol–water partition coefficient (Wildman–Crippen LogP) is 4.20. The van der Waals surface area contributed by atoms with Gasteiger partial charge >= 0.3 is 0 Å². The number of carbonyl (C=O) groups is 1. The first-order valence-corrected chi connectivity index (χ1v) is 11.7. The lowest BCUT2D eigenvalue weighted by Crippen LogP contribution is -2.15. The molecule has 0 fully saturated rings. The van der Waals surface area contributed by atoms with Crippen molar-refractivity contribution < 1.29 is 13.2 Å². The number of aromatic nitrogens is 3. The number of amides is 1. The summed E-state index contributed by atoms with van der Waals surface area (Å²) in [6.07, 6.45) is 3.02. The molecule has 33 heavy (non-hydrogen) atoms. The molecule has 0 saturated carbocycles. The first kappa shape index (κ1) is 20.8. The van der Waals surface area contributed by atoms with Crippen LogP contribution in [0.15, 0.2) is 78.0 Å². The highest BCUT2D eigenvalue weighted by Crippen LogP contribution is 2.37. The minimum atomic E-state index is -3.95. The molecule has 3 heterocycles. The summed E-state index contributed by atoms with van der Waals surface area (Å²) in [5.74, 6) is -0.634. The van der Waals surface area contributed by atoms with Gasteiger partial charge in [-0.15, -0.1) is 0 Å². The van der Waals surface area contributed by atoms with E-state index >= 15 is 0 Å². The molecule has 1 amide bonds. The Balaban J connectivity index is 1.85. The fraction of sp³-hybridized carbons (Fsp3) is 0.0800. The maximum Gasteiger partial charge on any atom is 0.269 e. The molecule has 2 aromatic carbocycles. The van der Waals surface area contributed by atoms with Crippen LogP contribution in [0.5, 0.6) is 0 Å². The zero-order chi connectivity index (χ0) is 23.3. The minimum absolute atomic E-state index is 0.156. The number of carbonyl (C=O) groups excluding carboxylic acids is 1. The number of primary amides is 1. The number of nitrogens with two attached hydrogens (primary N) is 1. The van der Waals surface area contributed by atoms with Gasteiger partial charge in [-0.05, 0) is 55.8 Å². The van der Waals surface area contributed by atoms with E-state index in [0.29, 0.717) is 16.6 Å². The molecule has 5 aromatic rings. The number of nitrogens with zero attached hydrogens (tertiary/aromatic N) is 3. The van der Waals surface area contributed by atoms with Crippen molar-refractivity contribution in [2.24, 2.45) is 5.73 Å². The van der Waals surface area contributed by atoms with Gasteiger partial charge in [0.15, 0.2) is 5.65 Å². The van der Waals surface area contributed by atoms with Crippen LogP contribution in [0.25, 0.3) is 33.1 Å². The Morgan fingerprint density at radius 2 is 1.73 bits per heavy atom. The van der Waals surface area contributed by atoms with Crippen molar-refractivity contribution >= 4 is 37.9 Å². The number of fused-ring (bicyclic) bond motifs is 2. The van der Waals surface area contributed by atoms with Crippen molar-refractivity contribution in [2.75, 3.05) is 0 Å². The Labute approximate surface area is 190 Å². The average Bonchev–Trinajstić information content (AvgIpc) is 3.10. The third kappa shape index (κ3) is 3.35. The van der Waals surface area contributed by atoms with Gasteiger partial charge in [0, 0.05) is 34.4 Å². The van der Waals surface area contributed by atoms with Crippen molar-refractivity contribution in [1.29, 1.82) is 0 Å². The molecular weight excluding hydrogens is 436 g/mol. The van der Waals surface area contributed by atoms with E-state index < -0.39 is 15.9 Å². The third-order valence-corrected chi connectivity index (χ3v) is 7.53. The first-order valence-electron chi connectivity index (χ1n) is 10.3. The molecule has 0 aliphatic carbocycles. The number of hydrogen-bond acceptors (Lipinski definition) is 5. The van der Waals surface area contributed by atoms with Crippen molar-refractivity contribution in [3.63, 3.8) is 0 Å². The summed E-state index contributed by atoms with van der Waals surface area (Å²) in [7, 11) is -3.95.